The van der Waals surface area contributed by atoms with Crippen LogP contribution < -0.4 is 0 Å². The van der Waals surface area contributed by atoms with Gasteiger partial charge in [-0.1, -0.05) is 43.8 Å². The molecule has 0 aliphatic rings. The van der Waals surface area contributed by atoms with E-state index in [9.17, 15) is 5.11 Å². The lowest BCUT2D eigenvalue weighted by Gasteiger charge is -2.14. The summed E-state index contributed by atoms with van der Waals surface area (Å²) in [5.41, 5.74) is 3.62. The smallest absolute Gasteiger partial charge is 0.0856 e. The Morgan fingerprint density at radius 1 is 1.38 bits per heavy atom. The van der Waals surface area contributed by atoms with Crippen LogP contribution in [0.25, 0.3) is 0 Å². The van der Waals surface area contributed by atoms with Crippen molar-refractivity contribution >= 4 is 0 Å². The molecule has 1 aromatic carbocycles. The van der Waals surface area contributed by atoms with Gasteiger partial charge in [0.05, 0.1) is 6.10 Å². The quantitative estimate of drug-likeness (QED) is 0.698. The van der Waals surface area contributed by atoms with Crippen LogP contribution in [-0.4, -0.2) is 5.11 Å². The molecular formula is C12H14O. The van der Waals surface area contributed by atoms with E-state index in [-0.39, 0.29) is 5.92 Å². The van der Waals surface area contributed by atoms with Crippen molar-refractivity contribution in [2.45, 2.75) is 13.0 Å². The first kappa shape index (κ1) is 9.79. The molecule has 68 valence electrons. The van der Waals surface area contributed by atoms with Crippen LogP contribution in [0.2, 0.25) is 0 Å². The summed E-state index contributed by atoms with van der Waals surface area (Å²) in [6, 6.07) is 9.60. The summed E-state index contributed by atoms with van der Waals surface area (Å²) in [5, 5.41) is 9.82. The minimum atomic E-state index is -0.463. The number of rotatable bonds is 3. The molecule has 1 rings (SSSR count). The zero-order valence-electron chi connectivity index (χ0n) is 7.77. The fraction of sp³-hybridized carbons (Fsp3) is 0.250. The number of aliphatic hydroxyl groups is 1. The van der Waals surface area contributed by atoms with Gasteiger partial charge in [-0.25, -0.2) is 0 Å². The lowest BCUT2D eigenvalue weighted by atomic mass is 9.98. The predicted molar refractivity (Wildman–Crippen MR) is 54.3 cm³/mol. The summed E-state index contributed by atoms with van der Waals surface area (Å²) in [5.74, 6) is 0.0555. The highest BCUT2D eigenvalue weighted by Crippen LogP contribution is 2.21. The topological polar surface area (TPSA) is 20.2 Å². The van der Waals surface area contributed by atoms with E-state index >= 15 is 0 Å². The van der Waals surface area contributed by atoms with Crippen molar-refractivity contribution in [3.05, 3.63) is 54.3 Å². The van der Waals surface area contributed by atoms with E-state index in [0.29, 0.717) is 0 Å². The van der Waals surface area contributed by atoms with Crippen LogP contribution in [0.5, 0.6) is 0 Å². The third-order valence-corrected chi connectivity index (χ3v) is 2.02. The van der Waals surface area contributed by atoms with Crippen LogP contribution in [-0.2, 0) is 0 Å². The van der Waals surface area contributed by atoms with Crippen molar-refractivity contribution in [1.82, 2.24) is 0 Å². The van der Waals surface area contributed by atoms with Gasteiger partial charge in [0.15, 0.2) is 0 Å². The standard InChI is InChI=1S/C12H14O/c1-3-7-10(2)12(13)11-8-5-4-6-9-11/h4-10,12-13H,1H2,2H3/t10-,12-/m1/s1. The fourth-order valence-corrected chi connectivity index (χ4v) is 1.23. The van der Waals surface area contributed by atoms with E-state index in [1.165, 1.54) is 0 Å². The summed E-state index contributed by atoms with van der Waals surface area (Å²) in [6.45, 7) is 5.43. The van der Waals surface area contributed by atoms with Crippen molar-refractivity contribution in [3.8, 4) is 0 Å². The lowest BCUT2D eigenvalue weighted by molar-refractivity contribution is 0.140. The van der Waals surface area contributed by atoms with E-state index < -0.39 is 6.10 Å². The normalized spacial score (nSPS) is 14.3. The number of hydrogen-bond donors (Lipinski definition) is 1. The Morgan fingerprint density at radius 3 is 2.54 bits per heavy atom. The van der Waals surface area contributed by atoms with Crippen LogP contribution in [0.4, 0.5) is 0 Å². The zero-order chi connectivity index (χ0) is 9.68. The molecule has 1 nitrogen and oxygen atoms in total. The molecule has 0 aromatic heterocycles. The summed E-state index contributed by atoms with van der Waals surface area (Å²) in [6.07, 6.45) is 1.31. The molecule has 1 N–H and O–H groups in total. The molecular weight excluding hydrogens is 160 g/mol. The van der Waals surface area contributed by atoms with Gasteiger partial charge in [0.1, 0.15) is 0 Å². The summed E-state index contributed by atoms with van der Waals surface area (Å²) >= 11 is 0. The Hall–Kier alpha value is -1.30. The van der Waals surface area contributed by atoms with E-state index in [1.807, 2.05) is 37.3 Å². The molecule has 0 heterocycles. The molecule has 1 heteroatoms. The molecule has 0 radical (unpaired) electrons. The molecule has 0 saturated heterocycles. The van der Waals surface area contributed by atoms with E-state index in [4.69, 9.17) is 0 Å². The van der Waals surface area contributed by atoms with Gasteiger partial charge in [-0.3, -0.25) is 0 Å². The maximum Gasteiger partial charge on any atom is 0.0856 e. The third-order valence-electron chi connectivity index (χ3n) is 2.02. The van der Waals surface area contributed by atoms with E-state index in [2.05, 4.69) is 12.3 Å². The average molecular weight is 174 g/mol. The second kappa shape index (κ2) is 4.66. The number of benzene rings is 1. The SMILES string of the molecule is C=C=C[C@@H](C)[C@@H](O)c1ccccc1. The molecule has 0 saturated carbocycles. The van der Waals surface area contributed by atoms with Crippen LogP contribution in [0.3, 0.4) is 0 Å². The van der Waals surface area contributed by atoms with Gasteiger partial charge in [0.2, 0.25) is 0 Å². The largest absolute Gasteiger partial charge is 0.388 e. The molecule has 0 amide bonds. The maximum absolute atomic E-state index is 9.82. The van der Waals surface area contributed by atoms with Crippen LogP contribution in [0, 0.1) is 5.92 Å². The Kier molecular flexibility index (Phi) is 3.51. The van der Waals surface area contributed by atoms with Crippen LogP contribution in [0.15, 0.2) is 48.7 Å². The average Bonchev–Trinajstić information content (AvgIpc) is 2.18. The van der Waals surface area contributed by atoms with Crippen molar-refractivity contribution in [3.63, 3.8) is 0 Å². The van der Waals surface area contributed by atoms with Gasteiger partial charge < -0.3 is 5.11 Å². The molecule has 0 spiro atoms. The fourth-order valence-electron chi connectivity index (χ4n) is 1.23. The van der Waals surface area contributed by atoms with Gasteiger partial charge >= 0.3 is 0 Å². The third kappa shape index (κ3) is 2.59. The predicted octanol–water partition coefficient (Wildman–Crippen LogP) is 2.70. The molecule has 0 fully saturated rings. The number of aliphatic hydroxyl groups excluding tert-OH is 1. The zero-order valence-corrected chi connectivity index (χ0v) is 7.77. The minimum Gasteiger partial charge on any atom is -0.388 e. The second-order valence-corrected chi connectivity index (χ2v) is 3.09. The van der Waals surface area contributed by atoms with Gasteiger partial charge in [0.25, 0.3) is 0 Å². The van der Waals surface area contributed by atoms with Crippen LogP contribution in [0.1, 0.15) is 18.6 Å². The van der Waals surface area contributed by atoms with E-state index in [1.54, 1.807) is 6.08 Å². The van der Waals surface area contributed by atoms with Gasteiger partial charge in [-0.05, 0) is 11.6 Å². The maximum atomic E-state index is 9.82. The van der Waals surface area contributed by atoms with Crippen molar-refractivity contribution in [2.24, 2.45) is 5.92 Å². The molecule has 0 aliphatic carbocycles. The first-order valence-electron chi connectivity index (χ1n) is 4.34. The minimum absolute atomic E-state index is 0.0555. The second-order valence-electron chi connectivity index (χ2n) is 3.09. The highest BCUT2D eigenvalue weighted by molar-refractivity contribution is 5.18. The molecule has 2 atom stereocenters. The van der Waals surface area contributed by atoms with Gasteiger partial charge in [-0.15, -0.1) is 5.73 Å². The Morgan fingerprint density at radius 2 is 2.00 bits per heavy atom. The first-order valence-corrected chi connectivity index (χ1v) is 4.34. The number of hydrogen-bond acceptors (Lipinski definition) is 1. The van der Waals surface area contributed by atoms with Gasteiger partial charge in [-0.2, -0.15) is 0 Å². The Bertz CT molecular complexity index is 296. The molecule has 1 aromatic rings. The van der Waals surface area contributed by atoms with Crippen molar-refractivity contribution in [1.29, 1.82) is 0 Å². The lowest BCUT2D eigenvalue weighted by Crippen LogP contribution is -2.05. The molecule has 13 heavy (non-hydrogen) atoms. The van der Waals surface area contributed by atoms with Crippen molar-refractivity contribution < 1.29 is 5.11 Å². The first-order chi connectivity index (χ1) is 6.25. The molecule has 0 unspecified atom stereocenters. The molecule has 0 aliphatic heterocycles. The van der Waals surface area contributed by atoms with Crippen LogP contribution >= 0.6 is 0 Å². The monoisotopic (exact) mass is 174 g/mol. The Balaban J connectivity index is 2.79. The van der Waals surface area contributed by atoms with Gasteiger partial charge in [0, 0.05) is 5.92 Å². The summed E-state index contributed by atoms with van der Waals surface area (Å²) in [7, 11) is 0. The molecule has 0 bridgehead atoms. The summed E-state index contributed by atoms with van der Waals surface area (Å²) < 4.78 is 0. The Labute approximate surface area is 79.0 Å². The summed E-state index contributed by atoms with van der Waals surface area (Å²) in [4.78, 5) is 0. The van der Waals surface area contributed by atoms with E-state index in [0.717, 1.165) is 5.56 Å². The highest BCUT2D eigenvalue weighted by Gasteiger charge is 2.12. The van der Waals surface area contributed by atoms with Crippen molar-refractivity contribution in [2.75, 3.05) is 0 Å². The highest BCUT2D eigenvalue weighted by atomic mass is 16.3.